The van der Waals surface area contributed by atoms with Crippen molar-refractivity contribution in [2.75, 3.05) is 50.7 Å². The lowest BCUT2D eigenvalue weighted by Gasteiger charge is -2.37. The number of nitrogens with zero attached hydrogens (tertiary/aromatic N) is 3. The third-order valence-electron chi connectivity index (χ3n) is 6.34. The molecule has 2 aromatic rings. The van der Waals surface area contributed by atoms with Gasteiger partial charge in [-0.15, -0.1) is 24.8 Å². The number of hydrogen-bond donors (Lipinski definition) is 0. The molecule has 0 spiro atoms. The second kappa shape index (κ2) is 12.5. The number of halogens is 3. The molecule has 0 radical (unpaired) electrons. The van der Waals surface area contributed by atoms with Crippen LogP contribution in [0.5, 0.6) is 0 Å². The maximum atomic E-state index is 12.6. The highest BCUT2D eigenvalue weighted by Crippen LogP contribution is 2.23. The summed E-state index contributed by atoms with van der Waals surface area (Å²) in [6, 6.07) is 17.8. The summed E-state index contributed by atoms with van der Waals surface area (Å²) in [5, 5.41) is 0.795. The van der Waals surface area contributed by atoms with Crippen LogP contribution in [0.25, 0.3) is 0 Å². The van der Waals surface area contributed by atoms with E-state index in [0.29, 0.717) is 0 Å². The van der Waals surface area contributed by atoms with Gasteiger partial charge in [0.2, 0.25) is 0 Å². The first-order chi connectivity index (χ1) is 14.2. The van der Waals surface area contributed by atoms with Gasteiger partial charge in [0.25, 0.3) is 5.91 Å². The summed E-state index contributed by atoms with van der Waals surface area (Å²) in [5.41, 5.74) is 2.08. The zero-order chi connectivity index (χ0) is 20.1. The van der Waals surface area contributed by atoms with Crippen molar-refractivity contribution in [3.63, 3.8) is 0 Å². The fourth-order valence-corrected chi connectivity index (χ4v) is 4.56. The lowest BCUT2D eigenvalue weighted by molar-refractivity contribution is 0.0680. The SMILES string of the molecule is Cl.Cl.O=C(c1ccccc1)N1CCC(CCN2CCN(c3ccc(Cl)cc3)CC2)CC1. The summed E-state index contributed by atoms with van der Waals surface area (Å²) in [6.07, 6.45) is 3.50. The van der Waals surface area contributed by atoms with Crippen LogP contribution >= 0.6 is 36.4 Å². The Morgan fingerprint density at radius 2 is 1.45 bits per heavy atom. The molecule has 170 valence electrons. The lowest BCUT2D eigenvalue weighted by Crippen LogP contribution is -2.47. The number of amides is 1. The second-order valence-corrected chi connectivity index (χ2v) is 8.63. The van der Waals surface area contributed by atoms with Crippen LogP contribution in [0.2, 0.25) is 5.02 Å². The Hall–Kier alpha value is -1.46. The Balaban J connectivity index is 0.00000171. The van der Waals surface area contributed by atoms with Crippen molar-refractivity contribution in [2.24, 2.45) is 5.92 Å². The number of carbonyl (C=O) groups excluding carboxylic acids is 1. The van der Waals surface area contributed by atoms with Gasteiger partial charge in [0, 0.05) is 55.5 Å². The van der Waals surface area contributed by atoms with Crippen LogP contribution in [-0.2, 0) is 0 Å². The number of piperidine rings is 1. The molecule has 0 bridgehead atoms. The van der Waals surface area contributed by atoms with Gasteiger partial charge in [-0.1, -0.05) is 29.8 Å². The smallest absolute Gasteiger partial charge is 0.253 e. The fourth-order valence-electron chi connectivity index (χ4n) is 4.43. The maximum absolute atomic E-state index is 12.6. The van der Waals surface area contributed by atoms with Crippen LogP contribution in [0.4, 0.5) is 5.69 Å². The average Bonchev–Trinajstić information content (AvgIpc) is 2.79. The number of hydrogen-bond acceptors (Lipinski definition) is 3. The molecule has 4 nitrogen and oxygen atoms in total. The largest absolute Gasteiger partial charge is 0.369 e. The van der Waals surface area contributed by atoms with Gasteiger partial charge in [0.15, 0.2) is 0 Å². The number of piperazine rings is 1. The van der Waals surface area contributed by atoms with E-state index in [0.717, 1.165) is 68.6 Å². The Bertz CT molecular complexity index is 787. The van der Waals surface area contributed by atoms with E-state index in [4.69, 9.17) is 11.6 Å². The van der Waals surface area contributed by atoms with Gasteiger partial charge in [-0.3, -0.25) is 9.69 Å². The van der Waals surface area contributed by atoms with Crippen molar-refractivity contribution in [1.29, 1.82) is 0 Å². The average molecular weight is 485 g/mol. The molecular formula is C24H32Cl3N3O. The van der Waals surface area contributed by atoms with Gasteiger partial charge in [-0.2, -0.15) is 0 Å². The van der Waals surface area contributed by atoms with Gasteiger partial charge in [-0.25, -0.2) is 0 Å². The van der Waals surface area contributed by atoms with Crippen molar-refractivity contribution in [2.45, 2.75) is 19.3 Å². The van der Waals surface area contributed by atoms with E-state index in [-0.39, 0.29) is 30.7 Å². The zero-order valence-electron chi connectivity index (χ0n) is 17.8. The van der Waals surface area contributed by atoms with E-state index in [9.17, 15) is 4.79 Å². The van der Waals surface area contributed by atoms with E-state index in [1.165, 1.54) is 18.7 Å². The minimum atomic E-state index is 0. The molecule has 7 heteroatoms. The maximum Gasteiger partial charge on any atom is 0.253 e. The third-order valence-corrected chi connectivity index (χ3v) is 6.59. The molecule has 2 heterocycles. The lowest BCUT2D eigenvalue weighted by atomic mass is 9.93. The first-order valence-corrected chi connectivity index (χ1v) is 11.1. The molecule has 0 unspecified atom stereocenters. The van der Waals surface area contributed by atoms with Crippen LogP contribution < -0.4 is 4.90 Å². The molecule has 2 fully saturated rings. The minimum Gasteiger partial charge on any atom is -0.369 e. The number of likely N-dealkylation sites (tertiary alicyclic amines) is 1. The van der Waals surface area contributed by atoms with Gasteiger partial charge in [-0.05, 0) is 68.1 Å². The van der Waals surface area contributed by atoms with E-state index < -0.39 is 0 Å². The molecule has 0 N–H and O–H groups in total. The molecule has 2 aromatic carbocycles. The normalized spacial score (nSPS) is 17.6. The molecule has 4 rings (SSSR count). The summed E-state index contributed by atoms with van der Waals surface area (Å²) < 4.78 is 0. The van der Waals surface area contributed by atoms with Gasteiger partial charge in [0.05, 0.1) is 0 Å². The molecule has 2 aliphatic heterocycles. The highest BCUT2D eigenvalue weighted by atomic mass is 35.5. The van der Waals surface area contributed by atoms with Gasteiger partial charge in [0.1, 0.15) is 0 Å². The van der Waals surface area contributed by atoms with E-state index in [1.807, 2.05) is 47.4 Å². The van der Waals surface area contributed by atoms with Crippen LogP contribution in [-0.4, -0.2) is 61.5 Å². The van der Waals surface area contributed by atoms with E-state index in [1.54, 1.807) is 0 Å². The Kier molecular flexibility index (Phi) is 10.4. The number of anilines is 1. The van der Waals surface area contributed by atoms with Crippen LogP contribution in [0.3, 0.4) is 0 Å². The number of benzene rings is 2. The van der Waals surface area contributed by atoms with Gasteiger partial charge >= 0.3 is 0 Å². The molecule has 0 aliphatic carbocycles. The summed E-state index contributed by atoms with van der Waals surface area (Å²) in [6.45, 7) is 7.34. The van der Waals surface area contributed by atoms with E-state index in [2.05, 4.69) is 21.9 Å². The second-order valence-electron chi connectivity index (χ2n) is 8.20. The quantitative estimate of drug-likeness (QED) is 0.580. The Morgan fingerprint density at radius 3 is 2.06 bits per heavy atom. The Morgan fingerprint density at radius 1 is 0.839 bits per heavy atom. The monoisotopic (exact) mass is 483 g/mol. The zero-order valence-corrected chi connectivity index (χ0v) is 20.2. The molecule has 2 saturated heterocycles. The predicted molar refractivity (Wildman–Crippen MR) is 134 cm³/mol. The highest BCUT2D eigenvalue weighted by molar-refractivity contribution is 6.30. The standard InChI is InChI=1S/C24H30ClN3O.2ClH/c25-22-6-8-23(9-7-22)27-18-16-26(17-19-27)13-10-20-11-14-28(15-12-20)24(29)21-4-2-1-3-5-21;;/h1-9,20H,10-19H2;2*1H. The first-order valence-electron chi connectivity index (χ1n) is 10.8. The molecule has 2 aliphatic rings. The highest BCUT2D eigenvalue weighted by Gasteiger charge is 2.24. The van der Waals surface area contributed by atoms with Crippen molar-refractivity contribution in [3.8, 4) is 0 Å². The Labute approximate surface area is 203 Å². The summed E-state index contributed by atoms with van der Waals surface area (Å²) in [4.78, 5) is 19.6. The fraction of sp³-hybridized carbons (Fsp3) is 0.458. The van der Waals surface area contributed by atoms with Crippen molar-refractivity contribution < 1.29 is 4.79 Å². The molecule has 0 atom stereocenters. The first kappa shape index (κ1) is 25.8. The van der Waals surface area contributed by atoms with Crippen molar-refractivity contribution in [1.82, 2.24) is 9.80 Å². The predicted octanol–water partition coefficient (Wildman–Crippen LogP) is 5.25. The van der Waals surface area contributed by atoms with Gasteiger partial charge < -0.3 is 9.80 Å². The minimum absolute atomic E-state index is 0. The molecule has 1 amide bonds. The topological polar surface area (TPSA) is 26.8 Å². The van der Waals surface area contributed by atoms with Crippen molar-refractivity contribution >= 4 is 48.0 Å². The molecule has 31 heavy (non-hydrogen) atoms. The van der Waals surface area contributed by atoms with E-state index >= 15 is 0 Å². The van der Waals surface area contributed by atoms with Crippen LogP contribution in [0, 0.1) is 5.92 Å². The molecule has 0 aromatic heterocycles. The summed E-state index contributed by atoms with van der Waals surface area (Å²) in [5.74, 6) is 0.923. The van der Waals surface area contributed by atoms with Crippen LogP contribution in [0.1, 0.15) is 29.6 Å². The molecule has 0 saturated carbocycles. The number of rotatable bonds is 5. The van der Waals surface area contributed by atoms with Crippen molar-refractivity contribution in [3.05, 3.63) is 65.2 Å². The number of carbonyl (C=O) groups is 1. The molecular weight excluding hydrogens is 453 g/mol. The summed E-state index contributed by atoms with van der Waals surface area (Å²) in [7, 11) is 0. The third kappa shape index (κ3) is 7.01. The van der Waals surface area contributed by atoms with Crippen LogP contribution in [0.15, 0.2) is 54.6 Å². The summed E-state index contributed by atoms with van der Waals surface area (Å²) >= 11 is 6.00.